The monoisotopic (exact) mass is 402 g/mol. The van der Waals surface area contributed by atoms with Crippen molar-refractivity contribution in [3.8, 4) is 0 Å². The fourth-order valence-corrected chi connectivity index (χ4v) is 5.03. The van der Waals surface area contributed by atoms with E-state index in [1.807, 2.05) is 6.07 Å². The number of aliphatic carboxylic acids is 1. The van der Waals surface area contributed by atoms with E-state index < -0.39 is 23.3 Å². The Kier molecular flexibility index (Phi) is 4.32. The third-order valence-corrected chi connectivity index (χ3v) is 6.03. The highest BCUT2D eigenvalue weighted by Gasteiger charge is 2.66. The fourth-order valence-electron chi connectivity index (χ4n) is 4.86. The van der Waals surface area contributed by atoms with E-state index in [1.165, 1.54) is 12.5 Å². The second-order valence-corrected chi connectivity index (χ2v) is 9.28. The van der Waals surface area contributed by atoms with Crippen LogP contribution in [0.15, 0.2) is 41.2 Å². The Bertz CT molecular complexity index is 934. The van der Waals surface area contributed by atoms with Gasteiger partial charge in [-0.1, -0.05) is 38.4 Å². The number of rotatable bonds is 3. The molecule has 0 unspecified atom stereocenters. The smallest absolute Gasteiger partial charge is 0.321 e. The molecule has 148 valence electrons. The lowest BCUT2D eigenvalue weighted by Crippen LogP contribution is -2.49. The molecule has 0 saturated carbocycles. The summed E-state index contributed by atoms with van der Waals surface area (Å²) in [6.45, 7) is 6.25. The predicted octanol–water partition coefficient (Wildman–Crippen LogP) is 3.77. The summed E-state index contributed by atoms with van der Waals surface area (Å²) in [5.74, 6) is -1.81. The van der Waals surface area contributed by atoms with Gasteiger partial charge >= 0.3 is 5.97 Å². The van der Waals surface area contributed by atoms with Gasteiger partial charge in [0.2, 0.25) is 5.91 Å². The van der Waals surface area contributed by atoms with Gasteiger partial charge in [0.1, 0.15) is 11.5 Å². The molecule has 0 radical (unpaired) electrons. The zero-order chi connectivity index (χ0) is 20.3. The maximum absolute atomic E-state index is 13.5. The van der Waals surface area contributed by atoms with Crippen LogP contribution in [-0.2, 0) is 15.0 Å². The molecule has 2 aliphatic rings. The van der Waals surface area contributed by atoms with Crippen LogP contribution >= 0.6 is 11.6 Å². The molecule has 1 aromatic carbocycles. The maximum atomic E-state index is 13.5. The number of fused-ring (bicyclic) bond motifs is 2. The van der Waals surface area contributed by atoms with Gasteiger partial charge in [0.05, 0.1) is 12.5 Å². The predicted molar refractivity (Wildman–Crippen MR) is 106 cm³/mol. The number of anilines is 1. The highest BCUT2D eigenvalue weighted by Crippen LogP contribution is 2.56. The number of benzene rings is 1. The number of hydrogen-bond acceptors (Lipinski definition) is 4. The zero-order valence-corrected chi connectivity index (χ0v) is 16.7. The van der Waals surface area contributed by atoms with Crippen molar-refractivity contribution in [2.24, 2.45) is 5.41 Å². The molecule has 1 aromatic heterocycles. The number of furan rings is 1. The van der Waals surface area contributed by atoms with Gasteiger partial charge in [-0.15, -0.1) is 0 Å². The van der Waals surface area contributed by atoms with E-state index in [4.69, 9.17) is 16.0 Å². The molecule has 3 heterocycles. The molecule has 4 rings (SSSR count). The fraction of sp³-hybridized carbons (Fsp3) is 0.429. The highest BCUT2D eigenvalue weighted by molar-refractivity contribution is 6.31. The molecule has 28 heavy (non-hydrogen) atoms. The van der Waals surface area contributed by atoms with Gasteiger partial charge in [0, 0.05) is 22.7 Å². The van der Waals surface area contributed by atoms with Crippen molar-refractivity contribution in [1.29, 1.82) is 0 Å². The number of carboxylic acids is 1. The molecule has 1 amide bonds. The lowest BCUT2D eigenvalue weighted by molar-refractivity contribution is -0.139. The van der Waals surface area contributed by atoms with Crippen molar-refractivity contribution >= 4 is 29.2 Å². The summed E-state index contributed by atoms with van der Waals surface area (Å²) < 4.78 is 5.26. The van der Waals surface area contributed by atoms with Crippen LogP contribution in [0.5, 0.6) is 0 Å². The van der Waals surface area contributed by atoms with Gasteiger partial charge in [0.25, 0.3) is 0 Å². The summed E-state index contributed by atoms with van der Waals surface area (Å²) in [6, 6.07) is 5.76. The van der Waals surface area contributed by atoms with Crippen LogP contribution in [0.25, 0.3) is 0 Å². The molecule has 0 bridgehead atoms. The number of hydrogen-bond donors (Lipinski definition) is 3. The van der Waals surface area contributed by atoms with Crippen LogP contribution in [0, 0.1) is 5.41 Å². The van der Waals surface area contributed by atoms with E-state index >= 15 is 0 Å². The van der Waals surface area contributed by atoms with Crippen LogP contribution in [-0.4, -0.2) is 29.1 Å². The number of nitrogens with one attached hydrogen (secondary N) is 2. The van der Waals surface area contributed by atoms with Gasteiger partial charge in [-0.25, -0.2) is 0 Å². The molecular weight excluding hydrogens is 380 g/mol. The molecule has 1 saturated heterocycles. The van der Waals surface area contributed by atoms with Crippen LogP contribution in [0.2, 0.25) is 5.02 Å². The molecule has 3 N–H and O–H groups in total. The van der Waals surface area contributed by atoms with Gasteiger partial charge in [-0.3, -0.25) is 14.9 Å². The minimum absolute atomic E-state index is 0.117. The molecule has 7 heteroatoms. The third kappa shape index (κ3) is 2.74. The largest absolute Gasteiger partial charge is 0.480 e. The lowest BCUT2D eigenvalue weighted by atomic mass is 9.63. The van der Waals surface area contributed by atoms with Crippen LogP contribution in [0.4, 0.5) is 5.69 Å². The van der Waals surface area contributed by atoms with E-state index in [-0.39, 0.29) is 17.4 Å². The van der Waals surface area contributed by atoms with Crippen LogP contribution < -0.4 is 10.6 Å². The normalized spacial score (nSPS) is 29.1. The average Bonchev–Trinajstić information content (AvgIpc) is 3.25. The van der Waals surface area contributed by atoms with E-state index in [1.54, 1.807) is 18.2 Å². The van der Waals surface area contributed by atoms with Crippen molar-refractivity contribution in [3.05, 3.63) is 52.9 Å². The summed E-state index contributed by atoms with van der Waals surface area (Å²) in [4.78, 5) is 25.7. The number of halogens is 1. The molecule has 0 aliphatic carbocycles. The quantitative estimate of drug-likeness (QED) is 0.726. The van der Waals surface area contributed by atoms with Crippen molar-refractivity contribution in [2.75, 3.05) is 5.32 Å². The van der Waals surface area contributed by atoms with Crippen molar-refractivity contribution < 1.29 is 19.1 Å². The summed E-state index contributed by atoms with van der Waals surface area (Å²) in [5, 5.41) is 16.7. The van der Waals surface area contributed by atoms with Gasteiger partial charge in [-0.2, -0.15) is 0 Å². The SMILES string of the molecule is CC(C)(C)C[C@H]1N[C@@H](C(=O)O)[C@H](c2ccoc2)[C@@]12C(=O)Nc1cc(Cl)ccc12. The molecule has 1 fully saturated rings. The summed E-state index contributed by atoms with van der Waals surface area (Å²) in [5.41, 5.74) is 0.916. The van der Waals surface area contributed by atoms with Crippen molar-refractivity contribution in [2.45, 2.75) is 50.6 Å². The molecule has 2 aromatic rings. The average molecular weight is 403 g/mol. The van der Waals surface area contributed by atoms with Gasteiger partial charge < -0.3 is 14.8 Å². The molecule has 1 spiro atoms. The van der Waals surface area contributed by atoms with Gasteiger partial charge in [0.15, 0.2) is 0 Å². The second-order valence-electron chi connectivity index (χ2n) is 8.85. The highest BCUT2D eigenvalue weighted by atomic mass is 35.5. The Morgan fingerprint density at radius 3 is 2.68 bits per heavy atom. The number of carbonyl (C=O) groups is 2. The minimum atomic E-state index is -1.07. The van der Waals surface area contributed by atoms with Gasteiger partial charge in [-0.05, 0) is 41.2 Å². The molecule has 2 aliphatic heterocycles. The second kappa shape index (κ2) is 6.36. The first kappa shape index (κ1) is 19.0. The lowest BCUT2D eigenvalue weighted by Gasteiger charge is -2.37. The van der Waals surface area contributed by atoms with E-state index in [9.17, 15) is 14.7 Å². The zero-order valence-electron chi connectivity index (χ0n) is 16.0. The summed E-state index contributed by atoms with van der Waals surface area (Å²) in [6.07, 6.45) is 3.67. The first-order valence-electron chi connectivity index (χ1n) is 9.27. The first-order valence-corrected chi connectivity index (χ1v) is 9.65. The Balaban J connectivity index is 1.98. The topological polar surface area (TPSA) is 91.6 Å². The Morgan fingerprint density at radius 2 is 2.07 bits per heavy atom. The van der Waals surface area contributed by atoms with E-state index in [0.29, 0.717) is 22.7 Å². The molecule has 6 nitrogen and oxygen atoms in total. The van der Waals surface area contributed by atoms with Crippen LogP contribution in [0.3, 0.4) is 0 Å². The Morgan fingerprint density at radius 1 is 1.32 bits per heavy atom. The van der Waals surface area contributed by atoms with Crippen LogP contribution in [0.1, 0.15) is 44.2 Å². The van der Waals surface area contributed by atoms with Crippen molar-refractivity contribution in [1.82, 2.24) is 5.32 Å². The number of carboxylic acid groups (broad SMARTS) is 1. The maximum Gasteiger partial charge on any atom is 0.321 e. The number of carbonyl (C=O) groups excluding carboxylic acids is 1. The molecular formula is C21H23ClN2O4. The Hall–Kier alpha value is -2.31. The summed E-state index contributed by atoms with van der Waals surface area (Å²) in [7, 11) is 0. The molecule has 4 atom stereocenters. The minimum Gasteiger partial charge on any atom is -0.480 e. The standard InChI is InChI=1S/C21H23ClN2O4/c1-20(2,3)9-15-21(13-5-4-12(22)8-14(13)23-19(21)27)16(11-6-7-28-10-11)17(24-15)18(25)26/h4-8,10,15-17,24H,9H2,1-3H3,(H,23,27)(H,25,26)/t15-,16+,17-,21+/m1/s1. The number of amides is 1. The van der Waals surface area contributed by atoms with Crippen molar-refractivity contribution in [3.63, 3.8) is 0 Å². The third-order valence-electron chi connectivity index (χ3n) is 5.79. The first-order chi connectivity index (χ1) is 13.1. The van der Waals surface area contributed by atoms with E-state index in [2.05, 4.69) is 31.4 Å². The Labute approximate surface area is 168 Å². The van der Waals surface area contributed by atoms with E-state index in [0.717, 1.165) is 5.56 Å². The summed E-state index contributed by atoms with van der Waals surface area (Å²) >= 11 is 6.15.